The van der Waals surface area contributed by atoms with Crippen LogP contribution in [0.2, 0.25) is 0 Å². The number of ketones is 1. The molecule has 0 amide bonds. The summed E-state index contributed by atoms with van der Waals surface area (Å²) in [6.07, 6.45) is 0.449. The lowest BCUT2D eigenvalue weighted by atomic mass is 9.66. The fourth-order valence-corrected chi connectivity index (χ4v) is 3.77. The van der Waals surface area contributed by atoms with Crippen LogP contribution < -0.4 is 4.74 Å². The Morgan fingerprint density at radius 1 is 0.793 bits per heavy atom. The number of carbonyl (C=O) groups is 1. The van der Waals surface area contributed by atoms with Crippen LogP contribution in [-0.4, -0.2) is 37.9 Å². The van der Waals surface area contributed by atoms with Crippen molar-refractivity contribution in [1.82, 2.24) is 4.90 Å². The summed E-state index contributed by atoms with van der Waals surface area (Å²) in [4.78, 5) is 15.6. The first-order valence-corrected chi connectivity index (χ1v) is 10.1. The molecule has 0 aliphatic rings. The van der Waals surface area contributed by atoms with Crippen molar-refractivity contribution in [2.24, 2.45) is 0 Å². The van der Waals surface area contributed by atoms with Crippen LogP contribution in [0.4, 0.5) is 0 Å². The van der Waals surface area contributed by atoms with Crippen molar-refractivity contribution in [2.75, 3.05) is 27.2 Å². The Morgan fingerprint density at radius 3 is 1.72 bits per heavy atom. The third-order valence-corrected chi connectivity index (χ3v) is 5.25. The van der Waals surface area contributed by atoms with Crippen LogP contribution in [-0.2, 0) is 10.2 Å². The number of nitrogens with zero attached hydrogens (tertiary/aromatic N) is 1. The predicted molar refractivity (Wildman–Crippen MR) is 119 cm³/mol. The van der Waals surface area contributed by atoms with E-state index >= 15 is 0 Å². The lowest BCUT2D eigenvalue weighted by Gasteiger charge is -2.34. The van der Waals surface area contributed by atoms with Gasteiger partial charge in [-0.25, -0.2) is 0 Å². The van der Waals surface area contributed by atoms with Crippen molar-refractivity contribution in [3.63, 3.8) is 0 Å². The summed E-state index contributed by atoms with van der Waals surface area (Å²) in [6.45, 7) is 3.42. The molecule has 29 heavy (non-hydrogen) atoms. The Hall–Kier alpha value is -2.91. The Bertz CT molecular complexity index is 863. The molecular weight excluding hydrogens is 358 g/mol. The highest BCUT2D eigenvalue weighted by molar-refractivity contribution is 5.97. The summed E-state index contributed by atoms with van der Waals surface area (Å²) in [5.41, 5.74) is 2.10. The van der Waals surface area contributed by atoms with E-state index in [0.717, 1.165) is 29.0 Å². The Labute approximate surface area is 174 Å². The highest BCUT2D eigenvalue weighted by atomic mass is 16.5. The molecule has 0 saturated carbocycles. The number of hydrogen-bond acceptors (Lipinski definition) is 3. The van der Waals surface area contributed by atoms with Crippen LogP contribution in [0.3, 0.4) is 0 Å². The van der Waals surface area contributed by atoms with Gasteiger partial charge in [-0.2, -0.15) is 0 Å². The molecule has 0 saturated heterocycles. The Morgan fingerprint density at radius 2 is 1.28 bits per heavy atom. The average Bonchev–Trinajstić information content (AvgIpc) is 2.76. The van der Waals surface area contributed by atoms with Gasteiger partial charge < -0.3 is 9.64 Å². The molecule has 3 aromatic rings. The first-order valence-electron chi connectivity index (χ1n) is 10.1. The van der Waals surface area contributed by atoms with E-state index in [2.05, 4.69) is 4.90 Å². The van der Waals surface area contributed by atoms with Gasteiger partial charge in [0.15, 0.2) is 5.78 Å². The molecule has 0 aliphatic carbocycles. The van der Waals surface area contributed by atoms with E-state index in [1.165, 1.54) is 0 Å². The summed E-state index contributed by atoms with van der Waals surface area (Å²) >= 11 is 0. The van der Waals surface area contributed by atoms with Crippen LogP contribution in [0.25, 0.3) is 0 Å². The lowest BCUT2D eigenvalue weighted by Crippen LogP contribution is -2.38. The molecule has 0 heterocycles. The molecule has 0 radical (unpaired) electrons. The maximum Gasteiger partial charge on any atom is 0.151 e. The van der Waals surface area contributed by atoms with Gasteiger partial charge in [-0.15, -0.1) is 0 Å². The van der Waals surface area contributed by atoms with Gasteiger partial charge >= 0.3 is 0 Å². The minimum Gasteiger partial charge on any atom is -0.492 e. The van der Waals surface area contributed by atoms with Gasteiger partial charge in [0, 0.05) is 13.0 Å². The molecule has 150 valence electrons. The molecule has 0 bridgehead atoms. The fourth-order valence-electron chi connectivity index (χ4n) is 3.77. The second kappa shape index (κ2) is 9.53. The molecule has 3 heteroatoms. The number of rotatable bonds is 9. The second-order valence-corrected chi connectivity index (χ2v) is 7.43. The third-order valence-electron chi connectivity index (χ3n) is 5.25. The van der Waals surface area contributed by atoms with Crippen molar-refractivity contribution >= 4 is 5.78 Å². The van der Waals surface area contributed by atoms with Gasteiger partial charge in [0.25, 0.3) is 0 Å². The zero-order valence-corrected chi connectivity index (χ0v) is 17.5. The number of benzene rings is 3. The van der Waals surface area contributed by atoms with Crippen molar-refractivity contribution in [3.05, 3.63) is 102 Å². The van der Waals surface area contributed by atoms with Crippen LogP contribution in [0.15, 0.2) is 84.9 Å². The van der Waals surface area contributed by atoms with E-state index in [1.54, 1.807) is 0 Å². The predicted octanol–water partition coefficient (Wildman–Crippen LogP) is 4.94. The van der Waals surface area contributed by atoms with Gasteiger partial charge in [-0.3, -0.25) is 4.79 Å². The van der Waals surface area contributed by atoms with Crippen molar-refractivity contribution in [1.29, 1.82) is 0 Å². The first kappa shape index (κ1) is 20.8. The smallest absolute Gasteiger partial charge is 0.151 e. The SMILES string of the molecule is CCC(=O)C(c1ccccc1)(c1ccccc1)c1ccc(OCCN(C)C)cc1. The largest absolute Gasteiger partial charge is 0.492 e. The van der Waals surface area contributed by atoms with Crippen LogP contribution in [0, 0.1) is 0 Å². The second-order valence-electron chi connectivity index (χ2n) is 7.43. The summed E-state index contributed by atoms with van der Waals surface area (Å²) in [5, 5.41) is 0. The maximum absolute atomic E-state index is 13.5. The molecule has 0 atom stereocenters. The third kappa shape index (κ3) is 4.41. The summed E-state index contributed by atoms with van der Waals surface area (Å²) in [7, 11) is 4.05. The molecule has 0 spiro atoms. The molecule has 3 rings (SSSR count). The number of hydrogen-bond donors (Lipinski definition) is 0. The molecular formula is C26H29NO2. The number of carbonyl (C=O) groups excluding carboxylic acids is 1. The van der Waals surface area contributed by atoms with Crippen LogP contribution >= 0.6 is 0 Å². The van der Waals surface area contributed by atoms with Crippen molar-refractivity contribution in [3.8, 4) is 5.75 Å². The fraction of sp³-hybridized carbons (Fsp3) is 0.269. The van der Waals surface area contributed by atoms with Gasteiger partial charge in [0.2, 0.25) is 0 Å². The standard InChI is InChI=1S/C26H29NO2/c1-4-25(28)26(21-11-7-5-8-12-21,22-13-9-6-10-14-22)23-15-17-24(18-16-23)29-20-19-27(2)3/h5-18H,4,19-20H2,1-3H3. The maximum atomic E-state index is 13.5. The van der Waals surface area contributed by atoms with Gasteiger partial charge in [-0.1, -0.05) is 79.7 Å². The average molecular weight is 388 g/mol. The van der Waals surface area contributed by atoms with Gasteiger partial charge in [0.1, 0.15) is 17.8 Å². The molecule has 0 fully saturated rings. The molecule has 0 aromatic heterocycles. The van der Waals surface area contributed by atoms with E-state index in [9.17, 15) is 4.79 Å². The highest BCUT2D eigenvalue weighted by Gasteiger charge is 2.42. The minimum atomic E-state index is -0.834. The van der Waals surface area contributed by atoms with E-state index in [-0.39, 0.29) is 5.78 Å². The number of ether oxygens (including phenoxy) is 1. The quantitative estimate of drug-likeness (QED) is 0.487. The van der Waals surface area contributed by atoms with Gasteiger partial charge in [-0.05, 0) is 42.9 Å². The Kier molecular flexibility index (Phi) is 6.84. The Balaban J connectivity index is 2.09. The van der Waals surface area contributed by atoms with E-state index in [1.807, 2.05) is 106 Å². The summed E-state index contributed by atoms with van der Waals surface area (Å²) in [5.74, 6) is 0.991. The zero-order chi connectivity index (χ0) is 20.7. The number of likely N-dealkylation sites (N-methyl/N-ethyl adjacent to an activating group) is 1. The minimum absolute atomic E-state index is 0.177. The van der Waals surface area contributed by atoms with Crippen molar-refractivity contribution in [2.45, 2.75) is 18.8 Å². The van der Waals surface area contributed by atoms with Crippen molar-refractivity contribution < 1.29 is 9.53 Å². The molecule has 0 unspecified atom stereocenters. The topological polar surface area (TPSA) is 29.5 Å². The van der Waals surface area contributed by atoms with E-state index < -0.39 is 5.41 Å². The molecule has 0 aliphatic heterocycles. The normalized spacial score (nSPS) is 11.4. The highest BCUT2D eigenvalue weighted by Crippen LogP contribution is 2.41. The monoisotopic (exact) mass is 387 g/mol. The number of Topliss-reactive ketones (excluding diaryl/α,β-unsaturated/α-hetero) is 1. The van der Waals surface area contributed by atoms with Crippen LogP contribution in [0.1, 0.15) is 30.0 Å². The summed E-state index contributed by atoms with van der Waals surface area (Å²) < 4.78 is 5.86. The molecule has 0 N–H and O–H groups in total. The molecule has 3 nitrogen and oxygen atoms in total. The van der Waals surface area contributed by atoms with Crippen LogP contribution in [0.5, 0.6) is 5.75 Å². The zero-order valence-electron chi connectivity index (χ0n) is 17.5. The molecule has 3 aromatic carbocycles. The summed E-state index contributed by atoms with van der Waals surface area (Å²) in [6, 6.07) is 28.1. The first-order chi connectivity index (χ1) is 14.1. The van der Waals surface area contributed by atoms with E-state index in [0.29, 0.717) is 13.0 Å². The van der Waals surface area contributed by atoms with Gasteiger partial charge in [0.05, 0.1) is 0 Å². The van der Waals surface area contributed by atoms with E-state index in [4.69, 9.17) is 4.74 Å². The lowest BCUT2D eigenvalue weighted by molar-refractivity contribution is -0.121.